The number of ether oxygens (including phenoxy) is 2. The average Bonchev–Trinajstić information content (AvgIpc) is 2.45. The number of benzene rings is 2. The van der Waals surface area contributed by atoms with Gasteiger partial charge in [-0.25, -0.2) is 0 Å². The summed E-state index contributed by atoms with van der Waals surface area (Å²) in [6.07, 6.45) is 0. The van der Waals surface area contributed by atoms with Crippen molar-refractivity contribution in [3.8, 4) is 11.5 Å². The van der Waals surface area contributed by atoms with E-state index in [1.54, 1.807) is 14.2 Å². The molecule has 0 aliphatic carbocycles. The van der Waals surface area contributed by atoms with Gasteiger partial charge in [-0.3, -0.25) is 0 Å². The Hall–Kier alpha value is -1.71. The fourth-order valence-electron chi connectivity index (χ4n) is 2.33. The van der Waals surface area contributed by atoms with Crippen molar-refractivity contribution in [3.63, 3.8) is 0 Å². The van der Waals surface area contributed by atoms with Crippen LogP contribution < -0.4 is 15.2 Å². The van der Waals surface area contributed by atoms with Gasteiger partial charge in [-0.15, -0.1) is 0 Å². The topological polar surface area (TPSA) is 44.5 Å². The van der Waals surface area contributed by atoms with E-state index in [9.17, 15) is 0 Å². The molecule has 1 unspecified atom stereocenters. The Morgan fingerprint density at radius 2 is 1.65 bits per heavy atom. The summed E-state index contributed by atoms with van der Waals surface area (Å²) < 4.78 is 10.8. The van der Waals surface area contributed by atoms with Crippen molar-refractivity contribution in [1.29, 1.82) is 0 Å². The maximum atomic E-state index is 6.42. The summed E-state index contributed by atoms with van der Waals surface area (Å²) in [5, 5.41) is 0.699. The van der Waals surface area contributed by atoms with Gasteiger partial charge in [0, 0.05) is 5.02 Å². The Labute approximate surface area is 124 Å². The number of hydrogen-bond acceptors (Lipinski definition) is 3. The monoisotopic (exact) mass is 291 g/mol. The van der Waals surface area contributed by atoms with Crippen LogP contribution in [0.5, 0.6) is 11.5 Å². The van der Waals surface area contributed by atoms with Gasteiger partial charge in [0.2, 0.25) is 0 Å². The van der Waals surface area contributed by atoms with Crippen molar-refractivity contribution in [1.82, 2.24) is 0 Å². The van der Waals surface area contributed by atoms with Crippen LogP contribution in [-0.4, -0.2) is 14.2 Å². The van der Waals surface area contributed by atoms with Crippen molar-refractivity contribution in [3.05, 3.63) is 58.1 Å². The normalized spacial score (nSPS) is 12.1. The third kappa shape index (κ3) is 2.74. The highest BCUT2D eigenvalue weighted by molar-refractivity contribution is 6.30. The molecule has 0 amide bonds. The van der Waals surface area contributed by atoms with E-state index in [4.69, 9.17) is 26.8 Å². The van der Waals surface area contributed by atoms with Crippen molar-refractivity contribution in [2.45, 2.75) is 13.0 Å². The number of rotatable bonds is 4. The maximum absolute atomic E-state index is 6.42. The molecular formula is C16H18ClNO2. The number of halogens is 1. The first-order chi connectivity index (χ1) is 9.58. The molecule has 0 aromatic heterocycles. The van der Waals surface area contributed by atoms with E-state index in [-0.39, 0.29) is 6.04 Å². The van der Waals surface area contributed by atoms with Gasteiger partial charge < -0.3 is 15.2 Å². The van der Waals surface area contributed by atoms with Crippen LogP contribution in [-0.2, 0) is 0 Å². The summed E-state index contributed by atoms with van der Waals surface area (Å²) in [6.45, 7) is 1.99. The molecule has 106 valence electrons. The zero-order chi connectivity index (χ0) is 14.7. The Morgan fingerprint density at radius 3 is 2.15 bits per heavy atom. The molecule has 0 radical (unpaired) electrons. The second-order valence-electron chi connectivity index (χ2n) is 4.55. The minimum absolute atomic E-state index is 0.335. The van der Waals surface area contributed by atoms with Crippen LogP contribution in [0.3, 0.4) is 0 Å². The van der Waals surface area contributed by atoms with Crippen molar-refractivity contribution in [2.24, 2.45) is 5.73 Å². The van der Waals surface area contributed by atoms with Crippen molar-refractivity contribution < 1.29 is 9.47 Å². The standard InChI is InChI=1S/C16H18ClNO2/c1-10-9-11(17)7-8-12(10)16(18)15-13(19-2)5-4-6-14(15)20-3/h4-9,16H,18H2,1-3H3. The Balaban J connectivity index is 2.55. The lowest BCUT2D eigenvalue weighted by atomic mass is 9.94. The molecule has 2 rings (SSSR count). The lowest BCUT2D eigenvalue weighted by Crippen LogP contribution is -2.15. The summed E-state index contributed by atoms with van der Waals surface area (Å²) in [7, 11) is 3.25. The molecular weight excluding hydrogens is 274 g/mol. The summed E-state index contributed by atoms with van der Waals surface area (Å²) in [6, 6.07) is 11.0. The predicted octanol–water partition coefficient (Wildman–Crippen LogP) is 3.71. The minimum Gasteiger partial charge on any atom is -0.496 e. The number of aryl methyl sites for hydroxylation is 1. The van der Waals surface area contributed by atoms with E-state index < -0.39 is 0 Å². The van der Waals surface area contributed by atoms with Gasteiger partial charge in [0.25, 0.3) is 0 Å². The second kappa shape index (κ2) is 6.16. The largest absolute Gasteiger partial charge is 0.496 e. The molecule has 0 heterocycles. The first kappa shape index (κ1) is 14.7. The molecule has 0 spiro atoms. The molecule has 0 saturated carbocycles. The molecule has 2 aromatic rings. The zero-order valence-electron chi connectivity index (χ0n) is 11.8. The average molecular weight is 292 g/mol. The summed E-state index contributed by atoms with van der Waals surface area (Å²) in [5.74, 6) is 1.43. The van der Waals surface area contributed by atoms with Gasteiger partial charge in [0.1, 0.15) is 11.5 Å². The molecule has 2 N–H and O–H groups in total. The van der Waals surface area contributed by atoms with Gasteiger partial charge in [0.05, 0.1) is 25.8 Å². The first-order valence-electron chi connectivity index (χ1n) is 6.31. The SMILES string of the molecule is COc1cccc(OC)c1C(N)c1ccc(Cl)cc1C. The molecule has 0 aliphatic heterocycles. The van der Waals surface area contributed by atoms with Gasteiger partial charge in [0.15, 0.2) is 0 Å². The molecule has 3 nitrogen and oxygen atoms in total. The molecule has 0 aliphatic rings. The van der Waals surface area contributed by atoms with E-state index in [1.165, 1.54) is 0 Å². The molecule has 20 heavy (non-hydrogen) atoms. The predicted molar refractivity (Wildman–Crippen MR) is 81.8 cm³/mol. The van der Waals surface area contributed by atoms with Crippen LogP contribution >= 0.6 is 11.6 Å². The van der Waals surface area contributed by atoms with E-state index in [0.717, 1.165) is 16.7 Å². The van der Waals surface area contributed by atoms with Crippen LogP contribution in [0.25, 0.3) is 0 Å². The number of hydrogen-bond donors (Lipinski definition) is 1. The van der Waals surface area contributed by atoms with Crippen LogP contribution in [0.1, 0.15) is 22.7 Å². The first-order valence-corrected chi connectivity index (χ1v) is 6.68. The van der Waals surface area contributed by atoms with E-state index in [2.05, 4.69) is 0 Å². The van der Waals surface area contributed by atoms with Gasteiger partial charge >= 0.3 is 0 Å². The maximum Gasteiger partial charge on any atom is 0.127 e. The highest BCUT2D eigenvalue weighted by Gasteiger charge is 2.20. The smallest absolute Gasteiger partial charge is 0.127 e. The molecule has 4 heteroatoms. The molecule has 0 saturated heterocycles. The van der Waals surface area contributed by atoms with Crippen LogP contribution in [0.15, 0.2) is 36.4 Å². The highest BCUT2D eigenvalue weighted by Crippen LogP contribution is 2.37. The van der Waals surface area contributed by atoms with E-state index in [1.807, 2.05) is 43.3 Å². The summed E-state index contributed by atoms with van der Waals surface area (Å²) >= 11 is 5.99. The van der Waals surface area contributed by atoms with Crippen LogP contribution in [0.2, 0.25) is 5.02 Å². The van der Waals surface area contributed by atoms with Gasteiger partial charge in [-0.1, -0.05) is 23.7 Å². The fraction of sp³-hybridized carbons (Fsp3) is 0.250. The summed E-state index contributed by atoms with van der Waals surface area (Å²) in [5.41, 5.74) is 9.29. The third-order valence-corrected chi connectivity index (χ3v) is 3.58. The lowest BCUT2D eigenvalue weighted by molar-refractivity contribution is 0.382. The lowest BCUT2D eigenvalue weighted by Gasteiger charge is -2.20. The zero-order valence-corrected chi connectivity index (χ0v) is 12.6. The third-order valence-electron chi connectivity index (χ3n) is 3.34. The Morgan fingerprint density at radius 1 is 1.05 bits per heavy atom. The Kier molecular flexibility index (Phi) is 4.53. The van der Waals surface area contributed by atoms with Gasteiger partial charge in [-0.2, -0.15) is 0 Å². The quantitative estimate of drug-likeness (QED) is 0.934. The highest BCUT2D eigenvalue weighted by atomic mass is 35.5. The number of nitrogens with two attached hydrogens (primary N) is 1. The van der Waals surface area contributed by atoms with Gasteiger partial charge in [-0.05, 0) is 42.3 Å². The second-order valence-corrected chi connectivity index (χ2v) is 4.99. The molecule has 2 aromatic carbocycles. The fourth-order valence-corrected chi connectivity index (χ4v) is 2.56. The number of methoxy groups -OCH3 is 2. The molecule has 0 fully saturated rings. The van der Waals surface area contributed by atoms with Crippen LogP contribution in [0.4, 0.5) is 0 Å². The molecule has 1 atom stereocenters. The van der Waals surface area contributed by atoms with E-state index in [0.29, 0.717) is 16.5 Å². The van der Waals surface area contributed by atoms with Crippen molar-refractivity contribution in [2.75, 3.05) is 14.2 Å². The van der Waals surface area contributed by atoms with Crippen LogP contribution in [0, 0.1) is 6.92 Å². The van der Waals surface area contributed by atoms with E-state index >= 15 is 0 Å². The van der Waals surface area contributed by atoms with Crippen molar-refractivity contribution >= 4 is 11.6 Å². The summed E-state index contributed by atoms with van der Waals surface area (Å²) in [4.78, 5) is 0. The molecule has 0 bridgehead atoms. The Bertz CT molecular complexity index is 591. The minimum atomic E-state index is -0.335.